The number of aliphatic carboxylic acids is 1. The lowest BCUT2D eigenvalue weighted by Gasteiger charge is -2.35. The van der Waals surface area contributed by atoms with Gasteiger partial charge < -0.3 is 14.7 Å². The maximum absolute atomic E-state index is 12.0. The van der Waals surface area contributed by atoms with Crippen LogP contribution in [0.15, 0.2) is 24.3 Å². The van der Waals surface area contributed by atoms with Crippen molar-refractivity contribution in [2.75, 3.05) is 13.2 Å². The van der Waals surface area contributed by atoms with Crippen molar-refractivity contribution < 1.29 is 19.4 Å². The Morgan fingerprint density at radius 3 is 2.90 bits per heavy atom. The number of ether oxygens (including phenoxy) is 1. The lowest BCUT2D eigenvalue weighted by atomic mass is 10.1. The monoisotopic (exact) mass is 297 g/mol. The van der Waals surface area contributed by atoms with E-state index in [0.29, 0.717) is 24.6 Å². The van der Waals surface area contributed by atoms with Crippen LogP contribution in [0.2, 0.25) is 5.02 Å². The highest BCUT2D eigenvalue weighted by Gasteiger charge is 2.29. The molecule has 0 spiro atoms. The number of carbonyl (C=O) groups excluding carboxylic acids is 1. The van der Waals surface area contributed by atoms with Crippen LogP contribution in [0.1, 0.15) is 18.4 Å². The van der Waals surface area contributed by atoms with Crippen LogP contribution in [-0.2, 0) is 20.9 Å². The number of morpholine rings is 1. The van der Waals surface area contributed by atoms with Crippen LogP contribution in [0, 0.1) is 0 Å². The highest BCUT2D eigenvalue weighted by atomic mass is 35.5. The fourth-order valence-electron chi connectivity index (χ4n) is 2.22. The first-order chi connectivity index (χ1) is 9.58. The molecule has 1 heterocycles. The second-order valence-corrected chi connectivity index (χ2v) is 5.12. The van der Waals surface area contributed by atoms with Crippen LogP contribution < -0.4 is 0 Å². The minimum Gasteiger partial charge on any atom is -0.481 e. The van der Waals surface area contributed by atoms with Crippen LogP contribution in [-0.4, -0.2) is 41.1 Å². The zero-order valence-corrected chi connectivity index (χ0v) is 11.7. The molecule has 1 unspecified atom stereocenters. The Bertz CT molecular complexity index is 506. The average Bonchev–Trinajstić information content (AvgIpc) is 2.41. The van der Waals surface area contributed by atoms with Crippen molar-refractivity contribution in [3.05, 3.63) is 34.9 Å². The molecule has 1 aromatic rings. The Morgan fingerprint density at radius 2 is 2.20 bits per heavy atom. The van der Waals surface area contributed by atoms with Crippen molar-refractivity contribution in [2.24, 2.45) is 0 Å². The van der Waals surface area contributed by atoms with E-state index in [0.717, 1.165) is 5.56 Å². The Hall–Kier alpha value is -1.59. The third-order valence-corrected chi connectivity index (χ3v) is 3.66. The maximum atomic E-state index is 12.0. The van der Waals surface area contributed by atoms with Gasteiger partial charge in [0.05, 0.1) is 12.6 Å². The van der Waals surface area contributed by atoms with E-state index in [1.165, 1.54) is 0 Å². The van der Waals surface area contributed by atoms with E-state index >= 15 is 0 Å². The molecule has 0 aliphatic carbocycles. The molecule has 1 N–H and O–H groups in total. The van der Waals surface area contributed by atoms with Gasteiger partial charge in [0.25, 0.3) is 0 Å². The van der Waals surface area contributed by atoms with Gasteiger partial charge >= 0.3 is 5.97 Å². The summed E-state index contributed by atoms with van der Waals surface area (Å²) >= 11 is 6.10. The standard InChI is InChI=1S/C14H16ClNO4/c15-12-4-2-1-3-10(12)7-16-11(5-6-14(18)19)8-20-9-13(16)17/h1-4,11H,5-9H2,(H,18,19). The fraction of sp³-hybridized carbons (Fsp3) is 0.429. The fourth-order valence-corrected chi connectivity index (χ4v) is 2.41. The second kappa shape index (κ2) is 6.72. The van der Waals surface area contributed by atoms with Crippen LogP contribution in [0.3, 0.4) is 0 Å². The smallest absolute Gasteiger partial charge is 0.303 e. The van der Waals surface area contributed by atoms with Crippen molar-refractivity contribution >= 4 is 23.5 Å². The molecular formula is C14H16ClNO4. The summed E-state index contributed by atoms with van der Waals surface area (Å²) in [6.07, 6.45) is 0.395. The predicted molar refractivity (Wildman–Crippen MR) is 73.5 cm³/mol. The maximum Gasteiger partial charge on any atom is 0.303 e. The molecule has 1 saturated heterocycles. The minimum absolute atomic E-state index is 0.0142. The molecule has 1 aliphatic heterocycles. The number of amides is 1. The summed E-state index contributed by atoms with van der Waals surface area (Å²) < 4.78 is 5.21. The van der Waals surface area contributed by atoms with Crippen molar-refractivity contribution in [3.8, 4) is 0 Å². The van der Waals surface area contributed by atoms with Gasteiger partial charge in [-0.25, -0.2) is 0 Å². The number of benzene rings is 1. The topological polar surface area (TPSA) is 66.8 Å². The Balaban J connectivity index is 2.09. The van der Waals surface area contributed by atoms with E-state index in [4.69, 9.17) is 21.4 Å². The van der Waals surface area contributed by atoms with Gasteiger partial charge in [0.1, 0.15) is 6.61 Å². The van der Waals surface area contributed by atoms with Gasteiger partial charge in [0, 0.05) is 18.0 Å². The van der Waals surface area contributed by atoms with E-state index in [1.807, 2.05) is 18.2 Å². The first kappa shape index (κ1) is 14.8. The Kier molecular flexibility index (Phi) is 4.98. The number of halogens is 1. The lowest BCUT2D eigenvalue weighted by Crippen LogP contribution is -2.49. The molecular weight excluding hydrogens is 282 g/mol. The van der Waals surface area contributed by atoms with Crippen LogP contribution in [0.5, 0.6) is 0 Å². The van der Waals surface area contributed by atoms with Crippen molar-refractivity contribution in [1.29, 1.82) is 0 Å². The van der Waals surface area contributed by atoms with Crippen molar-refractivity contribution in [2.45, 2.75) is 25.4 Å². The van der Waals surface area contributed by atoms with Crippen LogP contribution >= 0.6 is 11.6 Å². The van der Waals surface area contributed by atoms with E-state index in [-0.39, 0.29) is 25.0 Å². The first-order valence-electron chi connectivity index (χ1n) is 6.40. The molecule has 1 amide bonds. The molecule has 1 aliphatic rings. The quantitative estimate of drug-likeness (QED) is 0.902. The predicted octanol–water partition coefficient (Wildman–Crippen LogP) is 1.93. The van der Waals surface area contributed by atoms with Gasteiger partial charge in [-0.1, -0.05) is 29.8 Å². The Labute approximate surface area is 122 Å². The zero-order chi connectivity index (χ0) is 14.5. The molecule has 0 bridgehead atoms. The summed E-state index contributed by atoms with van der Waals surface area (Å²) in [6, 6.07) is 7.10. The van der Waals surface area contributed by atoms with Crippen molar-refractivity contribution in [1.82, 2.24) is 4.90 Å². The summed E-state index contributed by atoms with van der Waals surface area (Å²) in [6.45, 7) is 0.781. The third kappa shape index (κ3) is 3.71. The summed E-state index contributed by atoms with van der Waals surface area (Å²) in [4.78, 5) is 24.3. The van der Waals surface area contributed by atoms with E-state index in [9.17, 15) is 9.59 Å². The molecule has 6 heteroatoms. The Morgan fingerprint density at radius 1 is 1.45 bits per heavy atom. The number of rotatable bonds is 5. The highest BCUT2D eigenvalue weighted by molar-refractivity contribution is 6.31. The van der Waals surface area contributed by atoms with E-state index in [1.54, 1.807) is 11.0 Å². The summed E-state index contributed by atoms with van der Waals surface area (Å²) in [7, 11) is 0. The number of nitrogens with zero attached hydrogens (tertiary/aromatic N) is 1. The molecule has 1 aromatic carbocycles. The van der Waals surface area contributed by atoms with Gasteiger partial charge in [-0.3, -0.25) is 9.59 Å². The molecule has 108 valence electrons. The van der Waals surface area contributed by atoms with Gasteiger partial charge in [-0.05, 0) is 18.1 Å². The molecule has 2 rings (SSSR count). The van der Waals surface area contributed by atoms with Gasteiger partial charge in [0.15, 0.2) is 0 Å². The number of hydrogen-bond donors (Lipinski definition) is 1. The van der Waals surface area contributed by atoms with Gasteiger partial charge in [0.2, 0.25) is 5.91 Å². The van der Waals surface area contributed by atoms with E-state index in [2.05, 4.69) is 0 Å². The normalized spacial score (nSPS) is 19.1. The molecule has 1 atom stereocenters. The number of carboxylic acids is 1. The number of hydrogen-bond acceptors (Lipinski definition) is 3. The SMILES string of the molecule is O=C(O)CCC1COCC(=O)N1Cc1ccccc1Cl. The van der Waals surface area contributed by atoms with Crippen molar-refractivity contribution in [3.63, 3.8) is 0 Å². The largest absolute Gasteiger partial charge is 0.481 e. The number of carbonyl (C=O) groups is 2. The molecule has 20 heavy (non-hydrogen) atoms. The molecule has 0 saturated carbocycles. The minimum atomic E-state index is -0.874. The molecule has 0 aromatic heterocycles. The highest BCUT2D eigenvalue weighted by Crippen LogP contribution is 2.21. The summed E-state index contributed by atoms with van der Waals surface area (Å²) in [5.74, 6) is -1.01. The summed E-state index contributed by atoms with van der Waals surface area (Å²) in [5, 5.41) is 9.37. The summed E-state index contributed by atoms with van der Waals surface area (Å²) in [5.41, 5.74) is 0.852. The van der Waals surface area contributed by atoms with Crippen LogP contribution in [0.25, 0.3) is 0 Å². The van der Waals surface area contributed by atoms with E-state index < -0.39 is 5.97 Å². The first-order valence-corrected chi connectivity index (χ1v) is 6.78. The van der Waals surface area contributed by atoms with Gasteiger partial charge in [-0.15, -0.1) is 0 Å². The number of carboxylic acid groups (broad SMARTS) is 1. The molecule has 5 nitrogen and oxygen atoms in total. The zero-order valence-electron chi connectivity index (χ0n) is 10.9. The molecule has 0 radical (unpaired) electrons. The second-order valence-electron chi connectivity index (χ2n) is 4.71. The average molecular weight is 298 g/mol. The lowest BCUT2D eigenvalue weighted by molar-refractivity contribution is -0.151. The van der Waals surface area contributed by atoms with Crippen LogP contribution in [0.4, 0.5) is 0 Å². The van der Waals surface area contributed by atoms with Gasteiger partial charge in [-0.2, -0.15) is 0 Å². The molecule has 1 fully saturated rings. The third-order valence-electron chi connectivity index (χ3n) is 3.29.